The lowest BCUT2D eigenvalue weighted by atomic mass is 9.56. The average molecular weight is 504 g/mol. The Kier molecular flexibility index (Phi) is 4.47. The molecule has 9 nitrogen and oxygen atoms in total. The zero-order chi connectivity index (χ0) is 24.9. The SMILES string of the molecule is O=C(N1CC2(CC(Cc3cnc(C(F)(F)F)nc3)C2)C1)N1CC2(CC(n3cnc(C4(O)CC4)n3)C2)C1. The van der Waals surface area contributed by atoms with Crippen molar-refractivity contribution < 1.29 is 23.1 Å². The molecule has 5 fully saturated rings. The van der Waals surface area contributed by atoms with Crippen LogP contribution in [0.1, 0.15) is 61.8 Å². The van der Waals surface area contributed by atoms with Gasteiger partial charge in [-0.05, 0) is 56.4 Å². The highest BCUT2D eigenvalue weighted by atomic mass is 19.4. The van der Waals surface area contributed by atoms with Gasteiger partial charge in [-0.25, -0.2) is 24.4 Å². The summed E-state index contributed by atoms with van der Waals surface area (Å²) in [6.45, 7) is 3.10. The van der Waals surface area contributed by atoms with E-state index in [0.717, 1.165) is 70.3 Å². The summed E-state index contributed by atoms with van der Waals surface area (Å²) < 4.78 is 39.7. The van der Waals surface area contributed by atoms with Crippen LogP contribution in [0, 0.1) is 16.7 Å². The van der Waals surface area contributed by atoms with Crippen LogP contribution < -0.4 is 0 Å². The number of rotatable bonds is 4. The minimum atomic E-state index is -4.52. The number of carbonyl (C=O) groups excluding carboxylic acids is 1. The van der Waals surface area contributed by atoms with Gasteiger partial charge in [-0.1, -0.05) is 0 Å². The lowest BCUT2D eigenvalue weighted by Crippen LogP contribution is -2.71. The van der Waals surface area contributed by atoms with E-state index in [4.69, 9.17) is 0 Å². The molecule has 4 heterocycles. The van der Waals surface area contributed by atoms with Crippen molar-refractivity contribution in [3.63, 3.8) is 0 Å². The summed E-state index contributed by atoms with van der Waals surface area (Å²) in [5.74, 6) is -0.165. The molecule has 12 heteroatoms. The van der Waals surface area contributed by atoms with Crippen LogP contribution in [0.3, 0.4) is 0 Å². The normalized spacial score (nSPS) is 25.8. The Morgan fingerprint density at radius 2 is 1.56 bits per heavy atom. The van der Waals surface area contributed by atoms with Gasteiger partial charge in [0.05, 0.1) is 6.04 Å². The molecule has 3 saturated carbocycles. The first kappa shape index (κ1) is 22.4. The number of carbonyl (C=O) groups is 1. The second-order valence-corrected chi connectivity index (χ2v) is 12.0. The van der Waals surface area contributed by atoms with Crippen LogP contribution in [0.5, 0.6) is 0 Å². The molecule has 1 N–H and O–H groups in total. The number of nitrogens with zero attached hydrogens (tertiary/aromatic N) is 7. The number of amides is 2. The summed E-state index contributed by atoms with van der Waals surface area (Å²) in [7, 11) is 0. The maximum atomic E-state index is 12.9. The van der Waals surface area contributed by atoms with Crippen molar-refractivity contribution in [3.8, 4) is 0 Å². The summed E-state index contributed by atoms with van der Waals surface area (Å²) in [4.78, 5) is 28.0. The zero-order valence-electron chi connectivity index (χ0n) is 19.8. The monoisotopic (exact) mass is 503 g/mol. The van der Waals surface area contributed by atoms with E-state index in [2.05, 4.69) is 20.1 Å². The fraction of sp³-hybridized carbons (Fsp3) is 0.708. The van der Waals surface area contributed by atoms with Gasteiger partial charge in [0.1, 0.15) is 11.9 Å². The van der Waals surface area contributed by atoms with Crippen LogP contribution in [0.4, 0.5) is 18.0 Å². The fourth-order valence-corrected chi connectivity index (χ4v) is 6.90. The number of halogens is 3. The third-order valence-corrected chi connectivity index (χ3v) is 8.93. The minimum Gasteiger partial charge on any atom is -0.382 e. The summed E-state index contributed by atoms with van der Waals surface area (Å²) >= 11 is 0. The molecule has 3 aliphatic carbocycles. The van der Waals surface area contributed by atoms with Crippen LogP contribution in [0.2, 0.25) is 0 Å². The van der Waals surface area contributed by atoms with Crippen LogP contribution in [-0.4, -0.2) is 71.8 Å². The van der Waals surface area contributed by atoms with Crippen molar-refractivity contribution >= 4 is 6.03 Å². The average Bonchev–Trinajstić information content (AvgIpc) is 3.27. The molecule has 2 aromatic heterocycles. The van der Waals surface area contributed by atoms with Crippen LogP contribution in [0.15, 0.2) is 18.7 Å². The number of hydrogen-bond donors (Lipinski definition) is 1. The first-order chi connectivity index (χ1) is 17.0. The zero-order valence-corrected chi connectivity index (χ0v) is 19.8. The van der Waals surface area contributed by atoms with Gasteiger partial charge in [0.2, 0.25) is 5.82 Å². The standard InChI is InChI=1S/C24H28F3N7O2/c25-24(26,27)19-28-8-16(9-29-19)3-15-4-21(5-15)10-32(11-21)20(35)33-12-22(13-33)6-17(7-22)34-14-30-18(31-34)23(36)1-2-23/h8-9,14-15,17,36H,1-7,10-13H2. The summed E-state index contributed by atoms with van der Waals surface area (Å²) in [6, 6.07) is 0.411. The van der Waals surface area contributed by atoms with Gasteiger partial charge in [-0.15, -0.1) is 0 Å². The van der Waals surface area contributed by atoms with Crippen molar-refractivity contribution in [1.29, 1.82) is 0 Å². The Bertz CT molecular complexity index is 1180. The highest BCUT2D eigenvalue weighted by Gasteiger charge is 2.58. The molecule has 2 aromatic rings. The van der Waals surface area contributed by atoms with E-state index in [-0.39, 0.29) is 16.9 Å². The Morgan fingerprint density at radius 1 is 0.972 bits per heavy atom. The van der Waals surface area contributed by atoms with E-state index in [9.17, 15) is 23.1 Å². The smallest absolute Gasteiger partial charge is 0.382 e. The Balaban J connectivity index is 0.840. The summed E-state index contributed by atoms with van der Waals surface area (Å²) in [5.41, 5.74) is 0.285. The van der Waals surface area contributed by atoms with Gasteiger partial charge in [0.15, 0.2) is 5.82 Å². The topological polar surface area (TPSA) is 100 Å². The second-order valence-electron chi connectivity index (χ2n) is 12.0. The minimum absolute atomic E-state index is 0.119. The first-order valence-electron chi connectivity index (χ1n) is 12.6. The molecule has 2 aliphatic heterocycles. The third-order valence-electron chi connectivity index (χ3n) is 8.93. The Labute approximate surface area is 205 Å². The van der Waals surface area contributed by atoms with Crippen molar-refractivity contribution in [1.82, 2.24) is 34.5 Å². The van der Waals surface area contributed by atoms with E-state index in [1.54, 1.807) is 6.33 Å². The molecule has 0 unspecified atom stereocenters. The maximum absolute atomic E-state index is 12.9. The van der Waals surface area contributed by atoms with E-state index in [1.165, 1.54) is 12.4 Å². The van der Waals surface area contributed by atoms with Gasteiger partial charge >= 0.3 is 12.2 Å². The predicted molar refractivity (Wildman–Crippen MR) is 118 cm³/mol. The Morgan fingerprint density at radius 3 is 2.11 bits per heavy atom. The molecule has 7 rings (SSSR count). The molecular formula is C24H28F3N7O2. The molecule has 0 atom stereocenters. The van der Waals surface area contributed by atoms with E-state index in [0.29, 0.717) is 24.2 Å². The van der Waals surface area contributed by atoms with Gasteiger partial charge in [-0.2, -0.15) is 18.3 Å². The van der Waals surface area contributed by atoms with Crippen molar-refractivity contribution in [2.24, 2.45) is 16.7 Å². The van der Waals surface area contributed by atoms with Gasteiger partial charge < -0.3 is 14.9 Å². The molecule has 0 radical (unpaired) electrons. The number of aliphatic hydroxyl groups is 1. The van der Waals surface area contributed by atoms with E-state index in [1.807, 2.05) is 14.5 Å². The summed E-state index contributed by atoms with van der Waals surface area (Å²) in [5, 5.41) is 14.7. The number of alkyl halides is 3. The largest absolute Gasteiger partial charge is 0.451 e. The molecule has 0 aromatic carbocycles. The maximum Gasteiger partial charge on any atom is 0.451 e. The predicted octanol–water partition coefficient (Wildman–Crippen LogP) is 2.78. The molecule has 36 heavy (non-hydrogen) atoms. The van der Waals surface area contributed by atoms with Gasteiger partial charge in [0, 0.05) is 49.4 Å². The van der Waals surface area contributed by atoms with Gasteiger partial charge in [0.25, 0.3) is 0 Å². The van der Waals surface area contributed by atoms with Crippen molar-refractivity contribution in [2.75, 3.05) is 26.2 Å². The highest BCUT2D eigenvalue weighted by molar-refractivity contribution is 5.77. The second kappa shape index (κ2) is 7.17. The third kappa shape index (κ3) is 3.59. The van der Waals surface area contributed by atoms with Crippen molar-refractivity contribution in [2.45, 2.75) is 62.8 Å². The molecule has 5 aliphatic rings. The van der Waals surface area contributed by atoms with Crippen LogP contribution >= 0.6 is 0 Å². The highest BCUT2D eigenvalue weighted by Crippen LogP contribution is 2.56. The quantitative estimate of drug-likeness (QED) is 0.689. The lowest BCUT2D eigenvalue weighted by Gasteiger charge is -2.63. The van der Waals surface area contributed by atoms with Gasteiger partial charge in [-0.3, -0.25) is 0 Å². The van der Waals surface area contributed by atoms with Crippen molar-refractivity contribution in [3.05, 3.63) is 35.9 Å². The molecule has 2 spiro atoms. The first-order valence-corrected chi connectivity index (χ1v) is 12.6. The van der Waals surface area contributed by atoms with Crippen LogP contribution in [-0.2, 0) is 18.2 Å². The summed E-state index contributed by atoms with van der Waals surface area (Å²) in [6.07, 6.45) is 5.84. The molecule has 0 bridgehead atoms. The number of hydrogen-bond acceptors (Lipinski definition) is 6. The number of urea groups is 1. The molecule has 192 valence electrons. The number of aromatic nitrogens is 5. The van der Waals surface area contributed by atoms with E-state index < -0.39 is 17.6 Å². The van der Waals surface area contributed by atoms with Crippen LogP contribution in [0.25, 0.3) is 0 Å². The molecule has 2 amide bonds. The lowest BCUT2D eigenvalue weighted by molar-refractivity contribution is -0.145. The molecule has 2 saturated heterocycles. The Hall–Kier alpha value is -2.76. The molecular weight excluding hydrogens is 475 g/mol. The fourth-order valence-electron chi connectivity index (χ4n) is 6.90. The number of likely N-dealkylation sites (tertiary alicyclic amines) is 2. The van der Waals surface area contributed by atoms with E-state index >= 15 is 0 Å².